The lowest BCUT2D eigenvalue weighted by atomic mass is 10.2. The average Bonchev–Trinajstić information content (AvgIpc) is 2.43. The van der Waals surface area contributed by atoms with E-state index < -0.39 is 0 Å². The van der Waals surface area contributed by atoms with Gasteiger partial charge in [0.15, 0.2) is 11.5 Å². The maximum atomic E-state index is 5.32. The van der Waals surface area contributed by atoms with Crippen LogP contribution in [0, 0.1) is 0 Å². The van der Waals surface area contributed by atoms with E-state index in [4.69, 9.17) is 9.47 Å². The summed E-state index contributed by atoms with van der Waals surface area (Å²) < 4.78 is 10.6. The molecule has 0 unspecified atom stereocenters. The molecule has 0 spiro atoms. The summed E-state index contributed by atoms with van der Waals surface area (Å²) >= 11 is 1.73. The maximum Gasteiger partial charge on any atom is 0.162 e. The summed E-state index contributed by atoms with van der Waals surface area (Å²) in [4.78, 5) is 2.36. The predicted molar refractivity (Wildman–Crippen MR) is 73.4 cm³/mol. The van der Waals surface area contributed by atoms with Gasteiger partial charge in [-0.3, -0.25) is 0 Å². The second-order valence-corrected chi connectivity index (χ2v) is 5.01. The standard InChI is InChI=1S/C14H13NO2S/c1-16-11-7-10-14(8-12(11)17-2)18-13-6-4-3-5-9(13)15-10/h3-8,15H,1-2H3. The van der Waals surface area contributed by atoms with Crippen LogP contribution in [0.4, 0.5) is 11.4 Å². The number of anilines is 2. The van der Waals surface area contributed by atoms with E-state index in [0.717, 1.165) is 27.8 Å². The third-order valence-corrected chi connectivity index (χ3v) is 4.00. The van der Waals surface area contributed by atoms with Crippen LogP contribution in [0.15, 0.2) is 46.2 Å². The maximum absolute atomic E-state index is 5.32. The van der Waals surface area contributed by atoms with E-state index >= 15 is 0 Å². The molecule has 2 aromatic carbocycles. The molecule has 0 radical (unpaired) electrons. The molecule has 0 atom stereocenters. The first-order chi connectivity index (χ1) is 8.81. The molecule has 0 aliphatic carbocycles. The fraction of sp³-hybridized carbons (Fsp3) is 0.143. The normalized spacial score (nSPS) is 12.1. The van der Waals surface area contributed by atoms with E-state index in [1.807, 2.05) is 24.3 Å². The van der Waals surface area contributed by atoms with E-state index in [1.165, 1.54) is 4.90 Å². The summed E-state index contributed by atoms with van der Waals surface area (Å²) in [7, 11) is 3.30. The molecule has 92 valence electrons. The van der Waals surface area contributed by atoms with Gasteiger partial charge in [-0.1, -0.05) is 23.9 Å². The number of fused-ring (bicyclic) bond motifs is 2. The molecule has 1 N–H and O–H groups in total. The molecule has 3 rings (SSSR count). The SMILES string of the molecule is COc1cc2c(cc1OC)Sc1ccccc1N2. The monoisotopic (exact) mass is 259 g/mol. The van der Waals surface area contributed by atoms with Gasteiger partial charge in [0.05, 0.1) is 25.6 Å². The van der Waals surface area contributed by atoms with Crippen LogP contribution in [0.3, 0.4) is 0 Å². The average molecular weight is 259 g/mol. The van der Waals surface area contributed by atoms with E-state index in [0.29, 0.717) is 0 Å². The third-order valence-electron chi connectivity index (χ3n) is 2.86. The van der Waals surface area contributed by atoms with Gasteiger partial charge in [-0.15, -0.1) is 0 Å². The van der Waals surface area contributed by atoms with Crippen molar-refractivity contribution in [1.29, 1.82) is 0 Å². The number of nitrogens with one attached hydrogen (secondary N) is 1. The Hall–Kier alpha value is -1.81. The van der Waals surface area contributed by atoms with Crippen LogP contribution < -0.4 is 14.8 Å². The molecule has 4 heteroatoms. The van der Waals surface area contributed by atoms with E-state index in [-0.39, 0.29) is 0 Å². The number of hydrogen-bond donors (Lipinski definition) is 1. The van der Waals surface area contributed by atoms with Gasteiger partial charge in [0.25, 0.3) is 0 Å². The molecular formula is C14H13NO2S. The number of para-hydroxylation sites is 1. The zero-order valence-electron chi connectivity index (χ0n) is 10.2. The van der Waals surface area contributed by atoms with Crippen LogP contribution in [0.1, 0.15) is 0 Å². The Bertz CT molecular complexity index is 546. The van der Waals surface area contributed by atoms with Crippen molar-refractivity contribution in [3.63, 3.8) is 0 Å². The number of ether oxygens (including phenoxy) is 2. The van der Waals surface area contributed by atoms with Crippen LogP contribution in [-0.4, -0.2) is 14.2 Å². The second-order valence-electron chi connectivity index (χ2n) is 3.93. The Kier molecular flexibility index (Phi) is 2.80. The quantitative estimate of drug-likeness (QED) is 0.755. The largest absolute Gasteiger partial charge is 0.493 e. The Balaban J connectivity index is 2.07. The molecule has 18 heavy (non-hydrogen) atoms. The van der Waals surface area contributed by atoms with Gasteiger partial charge in [0.1, 0.15) is 0 Å². The molecule has 0 saturated heterocycles. The van der Waals surface area contributed by atoms with Crippen LogP contribution in [-0.2, 0) is 0 Å². The lowest BCUT2D eigenvalue weighted by Crippen LogP contribution is -2.01. The summed E-state index contributed by atoms with van der Waals surface area (Å²) in [6.45, 7) is 0. The van der Waals surface area contributed by atoms with E-state index in [2.05, 4.69) is 17.4 Å². The minimum atomic E-state index is 0.740. The highest BCUT2D eigenvalue weighted by Crippen LogP contribution is 2.47. The van der Waals surface area contributed by atoms with Gasteiger partial charge in [0.2, 0.25) is 0 Å². The summed E-state index contributed by atoms with van der Waals surface area (Å²) in [5.41, 5.74) is 2.18. The Morgan fingerprint density at radius 3 is 2.39 bits per heavy atom. The molecule has 0 aromatic heterocycles. The Morgan fingerprint density at radius 1 is 0.889 bits per heavy atom. The first-order valence-electron chi connectivity index (χ1n) is 5.62. The minimum absolute atomic E-state index is 0.740. The fourth-order valence-corrected chi connectivity index (χ4v) is 2.96. The molecule has 0 saturated carbocycles. The van der Waals surface area contributed by atoms with Crippen molar-refractivity contribution in [3.8, 4) is 11.5 Å². The molecule has 1 aliphatic heterocycles. The number of rotatable bonds is 2. The van der Waals surface area contributed by atoms with Gasteiger partial charge in [0, 0.05) is 21.9 Å². The molecule has 0 bridgehead atoms. The molecule has 0 fully saturated rings. The van der Waals surface area contributed by atoms with Crippen molar-refractivity contribution in [2.24, 2.45) is 0 Å². The summed E-state index contributed by atoms with van der Waals surface area (Å²) in [5, 5.41) is 3.41. The molecular weight excluding hydrogens is 246 g/mol. The zero-order valence-corrected chi connectivity index (χ0v) is 11.0. The Labute approximate surface area is 110 Å². The number of methoxy groups -OCH3 is 2. The zero-order chi connectivity index (χ0) is 12.5. The van der Waals surface area contributed by atoms with Crippen molar-refractivity contribution in [2.45, 2.75) is 9.79 Å². The van der Waals surface area contributed by atoms with Crippen molar-refractivity contribution >= 4 is 23.1 Å². The lowest BCUT2D eigenvalue weighted by molar-refractivity contribution is 0.354. The highest BCUT2D eigenvalue weighted by atomic mass is 32.2. The lowest BCUT2D eigenvalue weighted by Gasteiger charge is -2.22. The summed E-state index contributed by atoms with van der Waals surface area (Å²) in [5.74, 6) is 1.49. The molecule has 0 amide bonds. The van der Waals surface area contributed by atoms with Crippen molar-refractivity contribution in [1.82, 2.24) is 0 Å². The smallest absolute Gasteiger partial charge is 0.162 e. The van der Waals surface area contributed by atoms with Gasteiger partial charge >= 0.3 is 0 Å². The number of hydrogen-bond acceptors (Lipinski definition) is 4. The first-order valence-corrected chi connectivity index (χ1v) is 6.43. The third kappa shape index (κ3) is 1.78. The van der Waals surface area contributed by atoms with Crippen molar-refractivity contribution in [3.05, 3.63) is 36.4 Å². The predicted octanol–water partition coefficient (Wildman–Crippen LogP) is 3.91. The highest BCUT2D eigenvalue weighted by Gasteiger charge is 2.18. The van der Waals surface area contributed by atoms with E-state index in [9.17, 15) is 0 Å². The molecule has 3 nitrogen and oxygen atoms in total. The Morgan fingerprint density at radius 2 is 1.61 bits per heavy atom. The topological polar surface area (TPSA) is 30.5 Å². The number of benzene rings is 2. The van der Waals surface area contributed by atoms with Crippen LogP contribution in [0.2, 0.25) is 0 Å². The van der Waals surface area contributed by atoms with Crippen molar-refractivity contribution < 1.29 is 9.47 Å². The van der Waals surface area contributed by atoms with Crippen LogP contribution >= 0.6 is 11.8 Å². The van der Waals surface area contributed by atoms with Crippen molar-refractivity contribution in [2.75, 3.05) is 19.5 Å². The van der Waals surface area contributed by atoms with Gasteiger partial charge < -0.3 is 14.8 Å². The molecule has 1 heterocycles. The van der Waals surface area contributed by atoms with Crippen LogP contribution in [0.5, 0.6) is 11.5 Å². The van der Waals surface area contributed by atoms with Gasteiger partial charge in [-0.2, -0.15) is 0 Å². The van der Waals surface area contributed by atoms with E-state index in [1.54, 1.807) is 26.0 Å². The van der Waals surface area contributed by atoms with Gasteiger partial charge in [-0.25, -0.2) is 0 Å². The summed E-state index contributed by atoms with van der Waals surface area (Å²) in [6, 6.07) is 12.2. The second kappa shape index (κ2) is 4.46. The summed E-state index contributed by atoms with van der Waals surface area (Å²) in [6.07, 6.45) is 0. The molecule has 2 aromatic rings. The first kappa shape index (κ1) is 11.3. The minimum Gasteiger partial charge on any atom is -0.493 e. The fourth-order valence-electron chi connectivity index (χ4n) is 1.96. The molecule has 1 aliphatic rings. The van der Waals surface area contributed by atoms with Crippen LogP contribution in [0.25, 0.3) is 0 Å². The highest BCUT2D eigenvalue weighted by molar-refractivity contribution is 7.99. The van der Waals surface area contributed by atoms with Gasteiger partial charge in [-0.05, 0) is 12.1 Å².